The lowest BCUT2D eigenvalue weighted by atomic mass is 10.2. The zero-order valence-corrected chi connectivity index (χ0v) is 8.77. The van der Waals surface area contributed by atoms with E-state index in [1.807, 2.05) is 0 Å². The van der Waals surface area contributed by atoms with E-state index in [1.165, 1.54) is 0 Å². The molecule has 0 unspecified atom stereocenters. The summed E-state index contributed by atoms with van der Waals surface area (Å²) < 4.78 is 4.93. The topological polar surface area (TPSA) is 38.3 Å². The largest absolute Gasteiger partial charge is 0.385 e. The summed E-state index contributed by atoms with van der Waals surface area (Å²) in [6.07, 6.45) is 3.91. The molecular weight excluding hydrogens is 166 g/mol. The molecule has 0 heterocycles. The molecule has 0 bridgehead atoms. The number of methoxy groups -OCH3 is 1. The van der Waals surface area contributed by atoms with Gasteiger partial charge in [-0.1, -0.05) is 0 Å². The summed E-state index contributed by atoms with van der Waals surface area (Å²) in [5.74, 6) is 0.279. The number of carbonyl (C=O) groups excluding carboxylic acids is 1. The quantitative estimate of drug-likeness (QED) is 0.554. The van der Waals surface area contributed by atoms with Crippen LogP contribution in [-0.2, 0) is 9.53 Å². The number of hydrogen-bond donors (Lipinski definition) is 1. The van der Waals surface area contributed by atoms with Gasteiger partial charge in [-0.25, -0.2) is 0 Å². The molecule has 0 aromatic heterocycles. The minimum Gasteiger partial charge on any atom is -0.385 e. The Bertz CT molecular complexity index is 126. The van der Waals surface area contributed by atoms with E-state index in [4.69, 9.17) is 4.74 Å². The molecule has 0 atom stereocenters. The van der Waals surface area contributed by atoms with Crippen LogP contribution in [0.1, 0.15) is 32.6 Å². The van der Waals surface area contributed by atoms with E-state index < -0.39 is 0 Å². The maximum Gasteiger partial charge on any atom is 0.129 e. The Labute approximate surface area is 80.8 Å². The molecule has 0 fully saturated rings. The van der Waals surface area contributed by atoms with Gasteiger partial charge in [0.25, 0.3) is 0 Å². The third kappa shape index (κ3) is 11.6. The molecule has 13 heavy (non-hydrogen) atoms. The second-order valence-corrected chi connectivity index (χ2v) is 3.26. The van der Waals surface area contributed by atoms with Crippen LogP contribution in [0.3, 0.4) is 0 Å². The number of carbonyl (C=O) groups is 1. The molecule has 0 rings (SSSR count). The SMILES string of the molecule is COCCCCNCCCC(C)=O. The van der Waals surface area contributed by atoms with E-state index in [1.54, 1.807) is 14.0 Å². The maximum absolute atomic E-state index is 10.6. The molecule has 3 heteroatoms. The molecule has 0 aromatic carbocycles. The number of ether oxygens (including phenoxy) is 1. The van der Waals surface area contributed by atoms with E-state index in [9.17, 15) is 4.79 Å². The minimum atomic E-state index is 0.279. The summed E-state index contributed by atoms with van der Waals surface area (Å²) in [7, 11) is 1.72. The summed E-state index contributed by atoms with van der Waals surface area (Å²) in [6, 6.07) is 0. The Hall–Kier alpha value is -0.410. The van der Waals surface area contributed by atoms with Crippen LogP contribution in [0.25, 0.3) is 0 Å². The highest BCUT2D eigenvalue weighted by Gasteiger charge is 1.92. The molecule has 78 valence electrons. The van der Waals surface area contributed by atoms with Gasteiger partial charge in [0.2, 0.25) is 0 Å². The Morgan fingerprint density at radius 1 is 1.23 bits per heavy atom. The van der Waals surface area contributed by atoms with Crippen molar-refractivity contribution in [2.75, 3.05) is 26.8 Å². The van der Waals surface area contributed by atoms with Crippen LogP contribution < -0.4 is 5.32 Å². The number of Topliss-reactive ketones (excluding diaryl/α,β-unsaturated/α-hetero) is 1. The van der Waals surface area contributed by atoms with Crippen LogP contribution in [0.2, 0.25) is 0 Å². The highest BCUT2D eigenvalue weighted by molar-refractivity contribution is 5.75. The molecule has 0 aliphatic heterocycles. The van der Waals surface area contributed by atoms with Gasteiger partial charge < -0.3 is 14.8 Å². The fraction of sp³-hybridized carbons (Fsp3) is 0.900. The lowest BCUT2D eigenvalue weighted by Crippen LogP contribution is -2.17. The third-order valence-corrected chi connectivity index (χ3v) is 1.83. The molecule has 0 aliphatic rings. The summed E-state index contributed by atoms with van der Waals surface area (Å²) >= 11 is 0. The number of ketones is 1. The number of nitrogens with one attached hydrogen (secondary N) is 1. The van der Waals surface area contributed by atoms with Crippen molar-refractivity contribution < 1.29 is 9.53 Å². The van der Waals surface area contributed by atoms with Gasteiger partial charge in [0.05, 0.1) is 0 Å². The van der Waals surface area contributed by atoms with Gasteiger partial charge in [-0.3, -0.25) is 0 Å². The van der Waals surface area contributed by atoms with Crippen molar-refractivity contribution in [2.45, 2.75) is 32.6 Å². The van der Waals surface area contributed by atoms with Gasteiger partial charge in [0.15, 0.2) is 0 Å². The standard InChI is InChI=1S/C10H21NO2/c1-10(12)6-5-8-11-7-3-4-9-13-2/h11H,3-9H2,1-2H3. The van der Waals surface area contributed by atoms with E-state index in [0.717, 1.165) is 39.0 Å². The van der Waals surface area contributed by atoms with Crippen molar-refractivity contribution in [3.05, 3.63) is 0 Å². The molecule has 0 amide bonds. The van der Waals surface area contributed by atoms with Gasteiger partial charge in [0, 0.05) is 20.1 Å². The fourth-order valence-corrected chi connectivity index (χ4v) is 1.08. The van der Waals surface area contributed by atoms with E-state index in [2.05, 4.69) is 5.32 Å². The molecule has 1 N–H and O–H groups in total. The normalized spacial score (nSPS) is 10.3. The van der Waals surface area contributed by atoms with Gasteiger partial charge in [0.1, 0.15) is 5.78 Å². The van der Waals surface area contributed by atoms with Crippen LogP contribution in [0.15, 0.2) is 0 Å². The lowest BCUT2D eigenvalue weighted by Gasteiger charge is -2.02. The average molecular weight is 187 g/mol. The van der Waals surface area contributed by atoms with Gasteiger partial charge >= 0.3 is 0 Å². The Morgan fingerprint density at radius 3 is 2.54 bits per heavy atom. The summed E-state index contributed by atoms with van der Waals surface area (Å²) in [6.45, 7) is 4.46. The molecule has 0 spiro atoms. The van der Waals surface area contributed by atoms with Crippen LogP contribution in [0.5, 0.6) is 0 Å². The van der Waals surface area contributed by atoms with Crippen molar-refractivity contribution in [1.29, 1.82) is 0 Å². The molecule has 3 nitrogen and oxygen atoms in total. The molecule has 0 aliphatic carbocycles. The lowest BCUT2D eigenvalue weighted by molar-refractivity contribution is -0.117. The van der Waals surface area contributed by atoms with Crippen molar-refractivity contribution in [1.82, 2.24) is 5.32 Å². The fourth-order valence-electron chi connectivity index (χ4n) is 1.08. The van der Waals surface area contributed by atoms with Crippen molar-refractivity contribution in [3.8, 4) is 0 Å². The van der Waals surface area contributed by atoms with E-state index >= 15 is 0 Å². The zero-order chi connectivity index (χ0) is 9.94. The second-order valence-electron chi connectivity index (χ2n) is 3.26. The number of hydrogen-bond acceptors (Lipinski definition) is 3. The van der Waals surface area contributed by atoms with Gasteiger partial charge in [-0.05, 0) is 39.3 Å². The first-order valence-corrected chi connectivity index (χ1v) is 4.96. The third-order valence-electron chi connectivity index (χ3n) is 1.83. The average Bonchev–Trinajstić information content (AvgIpc) is 2.09. The molecule has 0 radical (unpaired) electrons. The summed E-state index contributed by atoms with van der Waals surface area (Å²) in [4.78, 5) is 10.6. The van der Waals surface area contributed by atoms with Crippen LogP contribution in [0, 0.1) is 0 Å². The first kappa shape index (κ1) is 12.6. The van der Waals surface area contributed by atoms with E-state index in [-0.39, 0.29) is 5.78 Å². The van der Waals surface area contributed by atoms with Crippen molar-refractivity contribution in [3.63, 3.8) is 0 Å². The Kier molecular flexibility index (Phi) is 9.37. The van der Waals surface area contributed by atoms with Crippen molar-refractivity contribution >= 4 is 5.78 Å². The van der Waals surface area contributed by atoms with Crippen molar-refractivity contribution in [2.24, 2.45) is 0 Å². The summed E-state index contributed by atoms with van der Waals surface area (Å²) in [5.41, 5.74) is 0. The highest BCUT2D eigenvalue weighted by Crippen LogP contribution is 1.89. The number of unbranched alkanes of at least 4 members (excludes halogenated alkanes) is 1. The predicted molar refractivity (Wildman–Crippen MR) is 53.9 cm³/mol. The predicted octanol–water partition coefficient (Wildman–Crippen LogP) is 1.37. The molecular formula is C10H21NO2. The zero-order valence-electron chi connectivity index (χ0n) is 8.77. The van der Waals surface area contributed by atoms with E-state index in [0.29, 0.717) is 6.42 Å². The minimum absolute atomic E-state index is 0.279. The second kappa shape index (κ2) is 9.68. The summed E-state index contributed by atoms with van der Waals surface area (Å²) in [5, 5.41) is 3.29. The van der Waals surface area contributed by atoms with Gasteiger partial charge in [-0.15, -0.1) is 0 Å². The Morgan fingerprint density at radius 2 is 1.92 bits per heavy atom. The first-order chi connectivity index (χ1) is 6.27. The van der Waals surface area contributed by atoms with Crippen LogP contribution in [-0.4, -0.2) is 32.6 Å². The monoisotopic (exact) mass is 187 g/mol. The molecule has 0 saturated carbocycles. The van der Waals surface area contributed by atoms with Gasteiger partial charge in [-0.2, -0.15) is 0 Å². The molecule has 0 aromatic rings. The smallest absolute Gasteiger partial charge is 0.129 e. The first-order valence-electron chi connectivity index (χ1n) is 4.96. The highest BCUT2D eigenvalue weighted by atomic mass is 16.5. The van der Waals surface area contributed by atoms with Crippen LogP contribution >= 0.6 is 0 Å². The molecule has 0 saturated heterocycles. The number of rotatable bonds is 9. The van der Waals surface area contributed by atoms with Crippen LogP contribution in [0.4, 0.5) is 0 Å². The Balaban J connectivity index is 2.87. The maximum atomic E-state index is 10.6.